The molecule has 0 aliphatic rings. The highest BCUT2D eigenvalue weighted by Gasteiger charge is 2.16. The Kier molecular flexibility index (Phi) is 3.31. The van der Waals surface area contributed by atoms with Gasteiger partial charge in [-0.1, -0.05) is 18.2 Å². The van der Waals surface area contributed by atoms with Crippen LogP contribution in [0.1, 0.15) is 11.5 Å². The SMILES string of the molecule is Cc1nc(Cn2c(=O)oc3ccc([N+](=O)[O-])cc32)nc2ccccc12. The molecule has 0 N–H and O–H groups in total. The maximum Gasteiger partial charge on any atom is 0.420 e. The summed E-state index contributed by atoms with van der Waals surface area (Å²) in [5, 5.41) is 11.9. The quantitative estimate of drug-likeness (QED) is 0.421. The molecule has 0 atom stereocenters. The predicted octanol–water partition coefficient (Wildman–Crippen LogP) is 2.80. The molecule has 0 aliphatic heterocycles. The first-order valence-corrected chi connectivity index (χ1v) is 7.53. The standard InChI is InChI=1S/C17H12N4O4/c1-10-12-4-2-3-5-13(12)19-16(18-10)9-20-14-8-11(21(23)24)6-7-15(14)25-17(20)22/h2-8H,9H2,1H3. The Morgan fingerprint density at radius 2 is 2.00 bits per heavy atom. The summed E-state index contributed by atoms with van der Waals surface area (Å²) in [6.07, 6.45) is 0. The molecule has 25 heavy (non-hydrogen) atoms. The molecule has 0 saturated carbocycles. The topological polar surface area (TPSA) is 104 Å². The fourth-order valence-corrected chi connectivity index (χ4v) is 2.82. The number of benzene rings is 2. The van der Waals surface area contributed by atoms with Gasteiger partial charge < -0.3 is 4.42 Å². The Morgan fingerprint density at radius 1 is 1.20 bits per heavy atom. The molecule has 4 aromatic rings. The van der Waals surface area contributed by atoms with Gasteiger partial charge in [0.2, 0.25) is 0 Å². The molecular weight excluding hydrogens is 324 g/mol. The van der Waals surface area contributed by atoms with Crippen LogP contribution in [-0.2, 0) is 6.54 Å². The van der Waals surface area contributed by atoms with Crippen molar-refractivity contribution in [3.8, 4) is 0 Å². The number of fused-ring (bicyclic) bond motifs is 2. The third kappa shape index (κ3) is 2.53. The Bertz CT molecular complexity index is 1190. The van der Waals surface area contributed by atoms with E-state index in [-0.39, 0.29) is 17.8 Å². The predicted molar refractivity (Wildman–Crippen MR) is 90.5 cm³/mol. The van der Waals surface area contributed by atoms with Crippen LogP contribution in [0.25, 0.3) is 22.0 Å². The minimum atomic E-state index is -0.607. The van der Waals surface area contributed by atoms with Crippen molar-refractivity contribution in [1.82, 2.24) is 14.5 Å². The number of para-hydroxylation sites is 1. The second-order valence-corrected chi connectivity index (χ2v) is 5.61. The van der Waals surface area contributed by atoms with Crippen molar-refractivity contribution < 1.29 is 9.34 Å². The molecule has 0 radical (unpaired) electrons. The molecule has 0 fully saturated rings. The van der Waals surface area contributed by atoms with E-state index < -0.39 is 10.7 Å². The van der Waals surface area contributed by atoms with E-state index in [0.29, 0.717) is 11.3 Å². The second kappa shape index (κ2) is 5.52. The molecule has 0 unspecified atom stereocenters. The Labute approximate surface area is 140 Å². The van der Waals surface area contributed by atoms with Crippen LogP contribution in [0.15, 0.2) is 51.7 Å². The lowest BCUT2D eigenvalue weighted by molar-refractivity contribution is -0.384. The lowest BCUT2D eigenvalue weighted by Gasteiger charge is -2.06. The molecule has 0 spiro atoms. The van der Waals surface area contributed by atoms with Gasteiger partial charge in [0.25, 0.3) is 5.69 Å². The summed E-state index contributed by atoms with van der Waals surface area (Å²) < 4.78 is 6.45. The van der Waals surface area contributed by atoms with Gasteiger partial charge in [-0.3, -0.25) is 14.7 Å². The molecule has 4 rings (SSSR count). The highest BCUT2D eigenvalue weighted by atomic mass is 16.6. The van der Waals surface area contributed by atoms with Crippen molar-refractivity contribution in [3.05, 3.63) is 74.6 Å². The number of hydrogen-bond acceptors (Lipinski definition) is 6. The van der Waals surface area contributed by atoms with Crippen molar-refractivity contribution in [2.24, 2.45) is 0 Å². The fraction of sp³-hybridized carbons (Fsp3) is 0.118. The normalized spacial score (nSPS) is 11.2. The fourth-order valence-electron chi connectivity index (χ4n) is 2.82. The summed E-state index contributed by atoms with van der Waals surface area (Å²) in [7, 11) is 0. The average Bonchev–Trinajstić information content (AvgIpc) is 2.90. The third-order valence-corrected chi connectivity index (χ3v) is 4.00. The minimum absolute atomic E-state index is 0.0681. The molecule has 2 aromatic carbocycles. The maximum absolute atomic E-state index is 12.1. The van der Waals surface area contributed by atoms with E-state index in [1.807, 2.05) is 31.2 Å². The number of nitro groups is 1. The van der Waals surface area contributed by atoms with Crippen LogP contribution in [0, 0.1) is 17.0 Å². The first kappa shape index (κ1) is 15.0. The lowest BCUT2D eigenvalue weighted by Crippen LogP contribution is -2.17. The van der Waals surface area contributed by atoms with Crippen LogP contribution in [-0.4, -0.2) is 19.5 Å². The first-order valence-electron chi connectivity index (χ1n) is 7.53. The number of aryl methyl sites for hydroxylation is 1. The third-order valence-electron chi connectivity index (χ3n) is 4.00. The Morgan fingerprint density at radius 3 is 2.80 bits per heavy atom. The summed E-state index contributed by atoms with van der Waals surface area (Å²) in [5.74, 6) is -0.169. The van der Waals surface area contributed by atoms with Crippen molar-refractivity contribution in [2.75, 3.05) is 0 Å². The smallest absolute Gasteiger partial charge is 0.408 e. The second-order valence-electron chi connectivity index (χ2n) is 5.61. The molecule has 0 aliphatic carbocycles. The van der Waals surface area contributed by atoms with Crippen molar-refractivity contribution >= 4 is 27.7 Å². The van der Waals surface area contributed by atoms with Gasteiger partial charge in [-0.05, 0) is 19.1 Å². The van der Waals surface area contributed by atoms with E-state index in [9.17, 15) is 14.9 Å². The number of hydrogen-bond donors (Lipinski definition) is 0. The molecule has 2 aromatic heterocycles. The molecule has 0 amide bonds. The number of nitro benzene ring substituents is 1. The van der Waals surface area contributed by atoms with Gasteiger partial charge in [-0.25, -0.2) is 14.8 Å². The highest BCUT2D eigenvalue weighted by Crippen LogP contribution is 2.21. The monoisotopic (exact) mass is 336 g/mol. The van der Waals surface area contributed by atoms with Gasteiger partial charge in [-0.15, -0.1) is 0 Å². The molecular formula is C17H12N4O4. The van der Waals surface area contributed by atoms with Crippen molar-refractivity contribution in [2.45, 2.75) is 13.5 Å². The van der Waals surface area contributed by atoms with Gasteiger partial charge in [0.1, 0.15) is 5.82 Å². The van der Waals surface area contributed by atoms with Gasteiger partial charge in [0.05, 0.1) is 22.5 Å². The largest absolute Gasteiger partial charge is 0.420 e. The summed E-state index contributed by atoms with van der Waals surface area (Å²) >= 11 is 0. The van der Waals surface area contributed by atoms with E-state index in [1.165, 1.54) is 22.8 Å². The number of nitrogens with zero attached hydrogens (tertiary/aromatic N) is 4. The van der Waals surface area contributed by atoms with Crippen LogP contribution in [0.4, 0.5) is 5.69 Å². The molecule has 8 nitrogen and oxygen atoms in total. The van der Waals surface area contributed by atoms with Gasteiger partial charge in [0.15, 0.2) is 5.58 Å². The summed E-state index contributed by atoms with van der Waals surface area (Å²) in [5.41, 5.74) is 2.09. The number of oxazole rings is 1. The van der Waals surface area contributed by atoms with E-state index in [2.05, 4.69) is 9.97 Å². The van der Waals surface area contributed by atoms with E-state index in [1.54, 1.807) is 0 Å². The van der Waals surface area contributed by atoms with Crippen LogP contribution in [0.3, 0.4) is 0 Å². The molecule has 0 saturated heterocycles. The lowest BCUT2D eigenvalue weighted by atomic mass is 10.2. The van der Waals surface area contributed by atoms with Gasteiger partial charge >= 0.3 is 5.76 Å². The zero-order valence-electron chi connectivity index (χ0n) is 13.2. The number of rotatable bonds is 3. The zero-order chi connectivity index (χ0) is 17.6. The van der Waals surface area contributed by atoms with E-state index >= 15 is 0 Å². The molecule has 8 heteroatoms. The van der Waals surface area contributed by atoms with Gasteiger partial charge in [0, 0.05) is 23.2 Å². The van der Waals surface area contributed by atoms with Crippen molar-refractivity contribution in [3.63, 3.8) is 0 Å². The summed E-state index contributed by atoms with van der Waals surface area (Å²) in [6, 6.07) is 11.6. The molecule has 0 bridgehead atoms. The summed E-state index contributed by atoms with van der Waals surface area (Å²) in [6.45, 7) is 1.94. The molecule has 2 heterocycles. The number of aromatic nitrogens is 3. The van der Waals surface area contributed by atoms with Gasteiger partial charge in [-0.2, -0.15) is 0 Å². The van der Waals surface area contributed by atoms with Crippen LogP contribution in [0.2, 0.25) is 0 Å². The molecule has 124 valence electrons. The average molecular weight is 336 g/mol. The minimum Gasteiger partial charge on any atom is -0.408 e. The van der Waals surface area contributed by atoms with Crippen molar-refractivity contribution in [1.29, 1.82) is 0 Å². The zero-order valence-corrected chi connectivity index (χ0v) is 13.2. The highest BCUT2D eigenvalue weighted by molar-refractivity contribution is 5.80. The summed E-state index contributed by atoms with van der Waals surface area (Å²) in [4.78, 5) is 31.5. The van der Waals surface area contributed by atoms with Crippen LogP contribution in [0.5, 0.6) is 0 Å². The number of non-ortho nitro benzene ring substituents is 1. The van der Waals surface area contributed by atoms with E-state index in [4.69, 9.17) is 4.42 Å². The Hall–Kier alpha value is -3.55. The van der Waals surface area contributed by atoms with E-state index in [0.717, 1.165) is 16.6 Å². The first-order chi connectivity index (χ1) is 12.0. The maximum atomic E-state index is 12.1. The van der Waals surface area contributed by atoms with Crippen LogP contribution >= 0.6 is 0 Å². The van der Waals surface area contributed by atoms with Crippen LogP contribution < -0.4 is 5.76 Å². The Balaban J connectivity index is 1.85.